The molecule has 0 amide bonds. The molecule has 1 aromatic heterocycles. The molecule has 1 heterocycles. The zero-order chi connectivity index (χ0) is 14.7. The summed E-state index contributed by atoms with van der Waals surface area (Å²) >= 11 is 3.38. The number of para-hydroxylation sites is 2. The Kier molecular flexibility index (Phi) is 3.71. The van der Waals surface area contributed by atoms with Gasteiger partial charge in [-0.2, -0.15) is 5.26 Å². The Morgan fingerprint density at radius 3 is 2.67 bits per heavy atom. The van der Waals surface area contributed by atoms with E-state index in [0.29, 0.717) is 11.4 Å². The average Bonchev–Trinajstić information content (AvgIpc) is 2.93. The van der Waals surface area contributed by atoms with Gasteiger partial charge in [0, 0.05) is 16.4 Å². The Bertz CT molecular complexity index is 808. The topological polar surface area (TPSA) is 64.5 Å². The lowest BCUT2D eigenvalue weighted by molar-refractivity contribution is 1.27. The molecule has 0 aliphatic rings. The Balaban J connectivity index is 1.89. The Hall–Kier alpha value is -2.58. The fourth-order valence-electron chi connectivity index (χ4n) is 1.94. The van der Waals surface area contributed by atoms with Crippen molar-refractivity contribution in [1.29, 1.82) is 5.26 Å². The third-order valence-electron chi connectivity index (χ3n) is 2.99. The molecule has 0 bridgehead atoms. The molecule has 21 heavy (non-hydrogen) atoms. The number of anilines is 1. The largest absolute Gasteiger partial charge is 0.360 e. The molecule has 102 valence electrons. The number of halogens is 1. The summed E-state index contributed by atoms with van der Waals surface area (Å²) in [4.78, 5) is 7.56. The van der Waals surface area contributed by atoms with Crippen LogP contribution in [-0.2, 0) is 0 Å². The highest BCUT2D eigenvalue weighted by molar-refractivity contribution is 9.10. The monoisotopic (exact) mass is 338 g/mol. The molecule has 0 saturated carbocycles. The third kappa shape index (κ3) is 2.96. The van der Waals surface area contributed by atoms with Gasteiger partial charge in [0.25, 0.3) is 0 Å². The molecule has 0 aliphatic carbocycles. The quantitative estimate of drug-likeness (QED) is 0.699. The number of rotatable bonds is 3. The zero-order valence-corrected chi connectivity index (χ0v) is 12.6. The number of aromatic nitrogens is 2. The van der Waals surface area contributed by atoms with Crippen molar-refractivity contribution >= 4 is 38.2 Å². The Morgan fingerprint density at radius 1 is 1.19 bits per heavy atom. The third-order valence-corrected chi connectivity index (χ3v) is 3.52. The summed E-state index contributed by atoms with van der Waals surface area (Å²) < 4.78 is 1.01. The number of imidazole rings is 1. The van der Waals surface area contributed by atoms with Gasteiger partial charge >= 0.3 is 0 Å². The van der Waals surface area contributed by atoms with Crippen LogP contribution in [0.4, 0.5) is 5.69 Å². The molecule has 2 aromatic carbocycles. The van der Waals surface area contributed by atoms with E-state index in [2.05, 4.69) is 37.3 Å². The van der Waals surface area contributed by atoms with Crippen LogP contribution in [0.2, 0.25) is 0 Å². The predicted octanol–water partition coefficient (Wildman–Crippen LogP) is 4.30. The maximum absolute atomic E-state index is 9.30. The maximum Gasteiger partial charge on any atom is 0.150 e. The minimum Gasteiger partial charge on any atom is -0.360 e. The standard InChI is InChI=1S/C16H11BrN4/c17-12-5-7-13(8-6-12)19-10-11(9-18)16-20-14-3-1-2-4-15(14)21-16/h1-8,10,19H,(H,20,21). The van der Waals surface area contributed by atoms with Crippen molar-refractivity contribution in [1.82, 2.24) is 9.97 Å². The second-order valence-corrected chi connectivity index (χ2v) is 5.34. The van der Waals surface area contributed by atoms with E-state index >= 15 is 0 Å². The van der Waals surface area contributed by atoms with Gasteiger partial charge in [-0.1, -0.05) is 28.1 Å². The molecule has 0 radical (unpaired) electrons. The molecule has 0 fully saturated rings. The van der Waals surface area contributed by atoms with Gasteiger partial charge in [0.05, 0.1) is 11.0 Å². The number of nitriles is 1. The number of H-pyrrole nitrogens is 1. The predicted molar refractivity (Wildman–Crippen MR) is 87.4 cm³/mol. The molecular weight excluding hydrogens is 328 g/mol. The SMILES string of the molecule is N#CC(=CNc1ccc(Br)cc1)c1nc2ccccc2[nH]1. The van der Waals surface area contributed by atoms with E-state index in [-0.39, 0.29) is 0 Å². The van der Waals surface area contributed by atoms with Crippen LogP contribution >= 0.6 is 15.9 Å². The van der Waals surface area contributed by atoms with E-state index < -0.39 is 0 Å². The summed E-state index contributed by atoms with van der Waals surface area (Å²) in [6.07, 6.45) is 1.65. The zero-order valence-electron chi connectivity index (χ0n) is 11.0. The van der Waals surface area contributed by atoms with Gasteiger partial charge in [0.1, 0.15) is 11.6 Å². The summed E-state index contributed by atoms with van der Waals surface area (Å²) in [5, 5.41) is 12.4. The molecular formula is C16H11BrN4. The first-order valence-electron chi connectivity index (χ1n) is 6.34. The number of hydrogen-bond acceptors (Lipinski definition) is 3. The normalized spacial score (nSPS) is 11.3. The first kappa shape index (κ1) is 13.4. The van der Waals surface area contributed by atoms with Gasteiger partial charge in [0.15, 0.2) is 5.82 Å². The second-order valence-electron chi connectivity index (χ2n) is 4.42. The summed E-state index contributed by atoms with van der Waals surface area (Å²) in [6, 6.07) is 17.6. The number of benzene rings is 2. The van der Waals surface area contributed by atoms with Crippen LogP contribution in [0.3, 0.4) is 0 Å². The van der Waals surface area contributed by atoms with Crippen LogP contribution in [0.25, 0.3) is 16.6 Å². The summed E-state index contributed by atoms with van der Waals surface area (Å²) in [5.41, 5.74) is 3.12. The molecule has 3 aromatic rings. The van der Waals surface area contributed by atoms with Gasteiger partial charge in [-0.25, -0.2) is 4.98 Å². The highest BCUT2D eigenvalue weighted by atomic mass is 79.9. The highest BCUT2D eigenvalue weighted by Crippen LogP contribution is 2.18. The minimum atomic E-state index is 0.453. The molecule has 2 N–H and O–H groups in total. The Morgan fingerprint density at radius 2 is 1.95 bits per heavy atom. The van der Waals surface area contributed by atoms with E-state index in [4.69, 9.17) is 0 Å². The maximum atomic E-state index is 9.30. The molecule has 3 rings (SSSR count). The van der Waals surface area contributed by atoms with E-state index in [1.165, 1.54) is 0 Å². The molecule has 0 aliphatic heterocycles. The average molecular weight is 339 g/mol. The van der Waals surface area contributed by atoms with Crippen LogP contribution < -0.4 is 5.32 Å². The van der Waals surface area contributed by atoms with Crippen molar-refractivity contribution in [3.63, 3.8) is 0 Å². The molecule has 0 saturated heterocycles. The number of nitrogens with zero attached hydrogens (tertiary/aromatic N) is 2. The fraction of sp³-hybridized carbons (Fsp3) is 0. The Labute approximate surface area is 130 Å². The van der Waals surface area contributed by atoms with Gasteiger partial charge in [-0.15, -0.1) is 0 Å². The molecule has 0 atom stereocenters. The van der Waals surface area contributed by atoms with E-state index in [1.807, 2.05) is 48.5 Å². The lowest BCUT2D eigenvalue weighted by atomic mass is 10.3. The molecule has 0 spiro atoms. The highest BCUT2D eigenvalue weighted by Gasteiger charge is 2.06. The van der Waals surface area contributed by atoms with Crippen LogP contribution in [0.1, 0.15) is 5.82 Å². The van der Waals surface area contributed by atoms with Crippen molar-refractivity contribution < 1.29 is 0 Å². The van der Waals surface area contributed by atoms with Crippen molar-refractivity contribution in [3.8, 4) is 6.07 Å². The second kappa shape index (κ2) is 5.81. The van der Waals surface area contributed by atoms with Crippen LogP contribution in [0.15, 0.2) is 59.2 Å². The van der Waals surface area contributed by atoms with E-state index in [9.17, 15) is 5.26 Å². The molecule has 5 heteroatoms. The summed E-state index contributed by atoms with van der Waals surface area (Å²) in [5.74, 6) is 0.559. The minimum absolute atomic E-state index is 0.453. The van der Waals surface area contributed by atoms with Gasteiger partial charge in [-0.3, -0.25) is 0 Å². The fourth-order valence-corrected chi connectivity index (χ4v) is 2.20. The van der Waals surface area contributed by atoms with Crippen molar-refractivity contribution in [2.45, 2.75) is 0 Å². The van der Waals surface area contributed by atoms with Crippen LogP contribution in [0.5, 0.6) is 0 Å². The lowest BCUT2D eigenvalue weighted by Crippen LogP contribution is -1.92. The number of hydrogen-bond donors (Lipinski definition) is 2. The van der Waals surface area contributed by atoms with Crippen molar-refractivity contribution in [2.75, 3.05) is 5.32 Å². The number of fused-ring (bicyclic) bond motifs is 1. The van der Waals surface area contributed by atoms with Gasteiger partial charge in [-0.05, 0) is 36.4 Å². The smallest absolute Gasteiger partial charge is 0.150 e. The molecule has 0 unspecified atom stereocenters. The molecule has 4 nitrogen and oxygen atoms in total. The van der Waals surface area contributed by atoms with Crippen LogP contribution in [-0.4, -0.2) is 9.97 Å². The first-order valence-corrected chi connectivity index (χ1v) is 7.13. The summed E-state index contributed by atoms with van der Waals surface area (Å²) in [6.45, 7) is 0. The first-order chi connectivity index (χ1) is 10.3. The van der Waals surface area contributed by atoms with Crippen LogP contribution in [0, 0.1) is 11.3 Å². The van der Waals surface area contributed by atoms with Crippen molar-refractivity contribution in [3.05, 3.63) is 65.0 Å². The number of aromatic amines is 1. The number of allylic oxidation sites excluding steroid dienone is 1. The lowest BCUT2D eigenvalue weighted by Gasteiger charge is -2.01. The number of nitrogens with one attached hydrogen (secondary N) is 2. The van der Waals surface area contributed by atoms with E-state index in [1.54, 1.807) is 6.20 Å². The van der Waals surface area contributed by atoms with E-state index in [0.717, 1.165) is 21.2 Å². The summed E-state index contributed by atoms with van der Waals surface area (Å²) in [7, 11) is 0. The van der Waals surface area contributed by atoms with Gasteiger partial charge in [0.2, 0.25) is 0 Å². The van der Waals surface area contributed by atoms with Crippen molar-refractivity contribution in [2.24, 2.45) is 0 Å². The van der Waals surface area contributed by atoms with Gasteiger partial charge < -0.3 is 10.3 Å².